The van der Waals surface area contributed by atoms with Gasteiger partial charge in [-0.25, -0.2) is 12.8 Å². The SMILES string of the molecule is O=S(=O)(Nc1cc(Cl)c(F)c(Cl)c1)c1ccccc1Br. The Kier molecular flexibility index (Phi) is 4.59. The standard InChI is InChI=1S/C12H7BrCl2FNO2S/c13-8-3-1-2-4-11(8)20(18,19)17-7-5-9(14)12(16)10(15)6-7/h1-6,17H. The highest BCUT2D eigenvalue weighted by atomic mass is 79.9. The lowest BCUT2D eigenvalue weighted by Gasteiger charge is -2.10. The minimum Gasteiger partial charge on any atom is -0.279 e. The molecule has 0 unspecified atom stereocenters. The molecule has 106 valence electrons. The number of halogens is 4. The lowest BCUT2D eigenvalue weighted by atomic mass is 10.3. The molecule has 0 aromatic heterocycles. The Morgan fingerprint density at radius 2 is 1.65 bits per heavy atom. The maximum atomic E-state index is 13.3. The zero-order chi connectivity index (χ0) is 14.9. The van der Waals surface area contributed by atoms with Crippen LogP contribution in [0.4, 0.5) is 10.1 Å². The average Bonchev–Trinajstić information content (AvgIpc) is 2.35. The second kappa shape index (κ2) is 5.89. The molecule has 0 heterocycles. The van der Waals surface area contributed by atoms with Gasteiger partial charge in [0.2, 0.25) is 0 Å². The fourth-order valence-corrected chi connectivity index (χ4v) is 4.02. The van der Waals surface area contributed by atoms with Crippen molar-refractivity contribution in [2.24, 2.45) is 0 Å². The van der Waals surface area contributed by atoms with Crippen LogP contribution in [0.15, 0.2) is 45.8 Å². The highest BCUT2D eigenvalue weighted by molar-refractivity contribution is 9.10. The highest BCUT2D eigenvalue weighted by Crippen LogP contribution is 2.29. The summed E-state index contributed by atoms with van der Waals surface area (Å²) in [6, 6.07) is 8.60. The highest BCUT2D eigenvalue weighted by Gasteiger charge is 2.18. The Balaban J connectivity index is 2.42. The van der Waals surface area contributed by atoms with E-state index in [1.807, 2.05) is 0 Å². The first-order chi connectivity index (χ1) is 9.31. The molecule has 0 saturated carbocycles. The van der Waals surface area contributed by atoms with E-state index in [4.69, 9.17) is 23.2 Å². The van der Waals surface area contributed by atoms with Gasteiger partial charge in [-0.3, -0.25) is 4.72 Å². The summed E-state index contributed by atoms with van der Waals surface area (Å²) in [5.74, 6) is -0.794. The lowest BCUT2D eigenvalue weighted by Crippen LogP contribution is -2.13. The monoisotopic (exact) mass is 397 g/mol. The fraction of sp³-hybridized carbons (Fsp3) is 0. The summed E-state index contributed by atoms with van der Waals surface area (Å²) in [6.07, 6.45) is 0. The lowest BCUT2D eigenvalue weighted by molar-refractivity contribution is 0.600. The van der Waals surface area contributed by atoms with E-state index in [9.17, 15) is 12.8 Å². The molecule has 0 spiro atoms. The maximum Gasteiger partial charge on any atom is 0.263 e. The van der Waals surface area contributed by atoms with Crippen LogP contribution in [0.3, 0.4) is 0 Å². The van der Waals surface area contributed by atoms with Crippen LogP contribution in [0.25, 0.3) is 0 Å². The minimum absolute atomic E-state index is 0.0524. The zero-order valence-electron chi connectivity index (χ0n) is 9.70. The molecule has 0 amide bonds. The Morgan fingerprint density at radius 3 is 2.20 bits per heavy atom. The van der Waals surface area contributed by atoms with Crippen molar-refractivity contribution < 1.29 is 12.8 Å². The van der Waals surface area contributed by atoms with Crippen molar-refractivity contribution in [2.45, 2.75) is 4.90 Å². The van der Waals surface area contributed by atoms with Gasteiger partial charge >= 0.3 is 0 Å². The molecule has 1 N–H and O–H groups in total. The van der Waals surface area contributed by atoms with Crippen LogP contribution >= 0.6 is 39.1 Å². The van der Waals surface area contributed by atoms with E-state index >= 15 is 0 Å². The van der Waals surface area contributed by atoms with Crippen LogP contribution in [0.1, 0.15) is 0 Å². The molecule has 3 nitrogen and oxygen atoms in total. The number of hydrogen-bond donors (Lipinski definition) is 1. The molecule has 0 bridgehead atoms. The third-order valence-corrected chi connectivity index (χ3v) is 5.31. The van der Waals surface area contributed by atoms with E-state index in [2.05, 4.69) is 20.7 Å². The number of benzene rings is 2. The first-order valence-corrected chi connectivity index (χ1v) is 8.26. The average molecular weight is 399 g/mol. The third-order valence-electron chi connectivity index (χ3n) is 2.36. The van der Waals surface area contributed by atoms with Crippen LogP contribution in [0.2, 0.25) is 10.0 Å². The molecule has 2 rings (SSSR count). The number of sulfonamides is 1. The molecule has 2 aromatic carbocycles. The van der Waals surface area contributed by atoms with Gasteiger partial charge in [-0.2, -0.15) is 0 Å². The molecular formula is C12H7BrCl2FNO2S. The van der Waals surface area contributed by atoms with Gasteiger partial charge in [0.05, 0.1) is 15.7 Å². The molecule has 0 aliphatic rings. The van der Waals surface area contributed by atoms with Gasteiger partial charge in [0.25, 0.3) is 10.0 Å². The Bertz CT molecular complexity index is 745. The van der Waals surface area contributed by atoms with Gasteiger partial charge in [0.1, 0.15) is 4.90 Å². The predicted octanol–water partition coefficient (Wildman–Crippen LogP) is 4.70. The quantitative estimate of drug-likeness (QED) is 0.762. The van der Waals surface area contributed by atoms with Gasteiger partial charge < -0.3 is 0 Å². The second-order valence-electron chi connectivity index (χ2n) is 3.79. The molecule has 20 heavy (non-hydrogen) atoms. The van der Waals surface area contributed by atoms with Crippen molar-refractivity contribution in [3.05, 3.63) is 56.7 Å². The van der Waals surface area contributed by atoms with E-state index in [1.54, 1.807) is 18.2 Å². The van der Waals surface area contributed by atoms with Crippen LogP contribution in [0, 0.1) is 5.82 Å². The Hall–Kier alpha value is -0.820. The summed E-state index contributed by atoms with van der Waals surface area (Å²) < 4.78 is 40.4. The predicted molar refractivity (Wildman–Crippen MR) is 81.4 cm³/mol. The number of nitrogens with one attached hydrogen (secondary N) is 1. The molecule has 0 saturated heterocycles. The maximum absolute atomic E-state index is 13.3. The first-order valence-electron chi connectivity index (χ1n) is 5.23. The van der Waals surface area contributed by atoms with E-state index in [0.717, 1.165) is 12.1 Å². The molecule has 0 aliphatic heterocycles. The molecule has 0 fully saturated rings. The van der Waals surface area contributed by atoms with Crippen molar-refractivity contribution in [1.82, 2.24) is 0 Å². The molecule has 0 atom stereocenters. The number of hydrogen-bond acceptors (Lipinski definition) is 2. The largest absolute Gasteiger partial charge is 0.279 e. The molecular weight excluding hydrogens is 392 g/mol. The summed E-state index contributed by atoms with van der Waals surface area (Å²) in [5, 5.41) is -0.523. The second-order valence-corrected chi connectivity index (χ2v) is 7.11. The Morgan fingerprint density at radius 1 is 1.10 bits per heavy atom. The number of rotatable bonds is 3. The van der Waals surface area contributed by atoms with Gasteiger partial charge in [-0.15, -0.1) is 0 Å². The van der Waals surface area contributed by atoms with E-state index in [-0.39, 0.29) is 20.6 Å². The van der Waals surface area contributed by atoms with Crippen LogP contribution in [-0.2, 0) is 10.0 Å². The van der Waals surface area contributed by atoms with Gasteiger partial charge in [-0.1, -0.05) is 35.3 Å². The zero-order valence-corrected chi connectivity index (χ0v) is 13.6. The van der Waals surface area contributed by atoms with Crippen molar-refractivity contribution in [3.63, 3.8) is 0 Å². The molecule has 0 radical (unpaired) electrons. The number of anilines is 1. The molecule has 8 heteroatoms. The minimum atomic E-state index is -3.83. The molecule has 2 aromatic rings. The van der Waals surface area contributed by atoms with Crippen LogP contribution < -0.4 is 4.72 Å². The Labute approximate surface area is 133 Å². The summed E-state index contributed by atoms with van der Waals surface area (Å²) >= 11 is 14.4. The van der Waals surface area contributed by atoms with E-state index < -0.39 is 15.8 Å². The van der Waals surface area contributed by atoms with Gasteiger partial charge in [-0.05, 0) is 40.2 Å². The smallest absolute Gasteiger partial charge is 0.263 e. The van der Waals surface area contributed by atoms with Crippen molar-refractivity contribution in [1.29, 1.82) is 0 Å². The normalized spacial score (nSPS) is 11.4. The third kappa shape index (κ3) is 3.25. The summed E-state index contributed by atoms with van der Waals surface area (Å²) in [4.78, 5) is 0.0524. The topological polar surface area (TPSA) is 46.2 Å². The molecule has 0 aliphatic carbocycles. The van der Waals surface area contributed by atoms with Gasteiger partial charge in [0.15, 0.2) is 5.82 Å². The van der Waals surface area contributed by atoms with E-state index in [1.165, 1.54) is 6.07 Å². The van der Waals surface area contributed by atoms with Crippen LogP contribution in [0.5, 0.6) is 0 Å². The van der Waals surface area contributed by atoms with Crippen LogP contribution in [-0.4, -0.2) is 8.42 Å². The summed E-state index contributed by atoms with van der Waals surface area (Å²) in [6.45, 7) is 0. The summed E-state index contributed by atoms with van der Waals surface area (Å²) in [5.41, 5.74) is 0.0807. The van der Waals surface area contributed by atoms with Crippen molar-refractivity contribution in [2.75, 3.05) is 4.72 Å². The fourth-order valence-electron chi connectivity index (χ4n) is 1.49. The van der Waals surface area contributed by atoms with Crippen molar-refractivity contribution >= 4 is 54.8 Å². The van der Waals surface area contributed by atoms with E-state index in [0.29, 0.717) is 4.47 Å². The van der Waals surface area contributed by atoms with Gasteiger partial charge in [0, 0.05) is 4.47 Å². The first kappa shape index (κ1) is 15.6. The summed E-state index contributed by atoms with van der Waals surface area (Å²) in [7, 11) is -3.83. The van der Waals surface area contributed by atoms with Crippen molar-refractivity contribution in [3.8, 4) is 0 Å².